The van der Waals surface area contributed by atoms with Crippen molar-refractivity contribution in [3.8, 4) is 5.75 Å². The molecule has 0 fully saturated rings. The van der Waals surface area contributed by atoms with Gasteiger partial charge >= 0.3 is 5.97 Å². The molecule has 0 radical (unpaired) electrons. The van der Waals surface area contributed by atoms with Crippen LogP contribution in [0.5, 0.6) is 5.75 Å². The Morgan fingerprint density at radius 2 is 2.16 bits per heavy atom. The number of benzene rings is 1. The molecule has 0 saturated carbocycles. The van der Waals surface area contributed by atoms with Gasteiger partial charge in [0.2, 0.25) is 5.91 Å². The van der Waals surface area contributed by atoms with Gasteiger partial charge in [-0.25, -0.2) is 9.82 Å². The molecule has 1 amide bonds. The number of amides is 1. The topological polar surface area (TPSA) is 77.0 Å². The zero-order chi connectivity index (χ0) is 18.8. The molecule has 1 atom stereocenters. The van der Waals surface area contributed by atoms with Crippen LogP contribution < -0.4 is 10.2 Å². The van der Waals surface area contributed by atoms with E-state index in [2.05, 4.69) is 26.5 Å². The lowest BCUT2D eigenvalue weighted by molar-refractivity contribution is -0.152. The first-order valence-corrected chi connectivity index (χ1v) is 8.52. The molecule has 1 aromatic rings. The maximum Gasteiger partial charge on any atom is 0.314 e. The predicted molar refractivity (Wildman–Crippen MR) is 93.9 cm³/mol. The number of nitrogens with one attached hydrogen (secondary N) is 1. The fraction of sp³-hybridized carbons (Fsp3) is 0.471. The molecule has 1 aromatic carbocycles. The number of ether oxygens (including phenoxy) is 2. The molecule has 136 valence electrons. The van der Waals surface area contributed by atoms with E-state index in [4.69, 9.17) is 9.47 Å². The number of hydrogen-bond acceptors (Lipinski definition) is 5. The van der Waals surface area contributed by atoms with Crippen LogP contribution in [0.2, 0.25) is 0 Å². The second-order valence-corrected chi connectivity index (χ2v) is 7.42. The number of methoxy groups -OCH3 is 1. The van der Waals surface area contributed by atoms with Gasteiger partial charge in [-0.1, -0.05) is 6.92 Å². The van der Waals surface area contributed by atoms with Crippen LogP contribution in [0.3, 0.4) is 0 Å². The maximum absolute atomic E-state index is 14.5. The fourth-order valence-electron chi connectivity index (χ4n) is 2.44. The van der Waals surface area contributed by atoms with Gasteiger partial charge in [0.1, 0.15) is 6.61 Å². The summed E-state index contributed by atoms with van der Waals surface area (Å²) >= 11 is 3.29. The molecule has 2 rings (SSSR count). The Balaban J connectivity index is 2.23. The van der Waals surface area contributed by atoms with Crippen molar-refractivity contribution in [2.75, 3.05) is 13.7 Å². The Hall–Kier alpha value is -1.96. The Bertz CT molecular complexity index is 710. The van der Waals surface area contributed by atoms with E-state index < -0.39 is 17.2 Å². The lowest BCUT2D eigenvalue weighted by Crippen LogP contribution is -2.32. The van der Waals surface area contributed by atoms with E-state index in [-0.39, 0.29) is 24.2 Å². The van der Waals surface area contributed by atoms with Crippen LogP contribution >= 0.6 is 15.9 Å². The molecule has 6 nitrogen and oxygen atoms in total. The first kappa shape index (κ1) is 19.4. The third-order valence-electron chi connectivity index (χ3n) is 3.87. The van der Waals surface area contributed by atoms with Gasteiger partial charge in [0.25, 0.3) is 0 Å². The molecule has 0 aliphatic carbocycles. The molecule has 1 heterocycles. The average molecular weight is 415 g/mol. The van der Waals surface area contributed by atoms with E-state index in [0.29, 0.717) is 22.2 Å². The van der Waals surface area contributed by atoms with Crippen LogP contribution in [0.15, 0.2) is 21.7 Å². The van der Waals surface area contributed by atoms with Gasteiger partial charge in [-0.15, -0.1) is 0 Å². The summed E-state index contributed by atoms with van der Waals surface area (Å²) < 4.78 is 25.1. The summed E-state index contributed by atoms with van der Waals surface area (Å²) in [6, 6.07) is 2.98. The van der Waals surface area contributed by atoms with Gasteiger partial charge < -0.3 is 9.47 Å². The minimum Gasteiger partial charge on any atom is -0.488 e. The third kappa shape index (κ3) is 4.36. The highest BCUT2D eigenvalue weighted by atomic mass is 79.9. The van der Waals surface area contributed by atoms with Crippen LogP contribution in [0.1, 0.15) is 32.8 Å². The lowest BCUT2D eigenvalue weighted by atomic mass is 9.94. The van der Waals surface area contributed by atoms with E-state index >= 15 is 0 Å². The molecule has 1 unspecified atom stereocenters. The van der Waals surface area contributed by atoms with Crippen molar-refractivity contribution in [3.05, 3.63) is 28.0 Å². The molecular weight excluding hydrogens is 395 g/mol. The highest BCUT2D eigenvalue weighted by Crippen LogP contribution is 2.33. The average Bonchev–Trinajstić information content (AvgIpc) is 2.52. The van der Waals surface area contributed by atoms with E-state index in [1.807, 2.05) is 6.92 Å². The van der Waals surface area contributed by atoms with Gasteiger partial charge in [0.15, 0.2) is 11.6 Å². The van der Waals surface area contributed by atoms with Gasteiger partial charge in [-0.05, 0) is 41.9 Å². The molecule has 1 aliphatic rings. The lowest BCUT2D eigenvalue weighted by Gasteiger charge is -2.23. The highest BCUT2D eigenvalue weighted by molar-refractivity contribution is 9.10. The summed E-state index contributed by atoms with van der Waals surface area (Å²) in [5, 5.41) is 4.02. The summed E-state index contributed by atoms with van der Waals surface area (Å²) in [5.41, 5.74) is 2.65. The second kappa shape index (κ2) is 7.51. The molecule has 0 spiro atoms. The zero-order valence-electron chi connectivity index (χ0n) is 14.5. The van der Waals surface area contributed by atoms with E-state index in [1.54, 1.807) is 19.9 Å². The van der Waals surface area contributed by atoms with Crippen molar-refractivity contribution in [2.45, 2.75) is 27.2 Å². The van der Waals surface area contributed by atoms with E-state index in [9.17, 15) is 14.0 Å². The van der Waals surface area contributed by atoms with Crippen molar-refractivity contribution >= 4 is 33.5 Å². The standard InChI is InChI=1S/C17H20BrFN2O4/c1-9-5-13(22)20-21-14(9)10-6-11(18)15(12(19)7-10)25-8-17(2,3)16(23)24-4/h6-7,9H,5,8H2,1-4H3,(H,20,22). The second-order valence-electron chi connectivity index (χ2n) is 6.57. The number of esters is 1. The first-order valence-electron chi connectivity index (χ1n) is 7.72. The molecule has 1 N–H and O–H groups in total. The summed E-state index contributed by atoms with van der Waals surface area (Å²) in [6.45, 7) is 5.12. The Kier molecular flexibility index (Phi) is 5.82. The van der Waals surface area contributed by atoms with Crippen LogP contribution in [-0.2, 0) is 14.3 Å². The molecule has 0 aromatic heterocycles. The Morgan fingerprint density at radius 1 is 1.48 bits per heavy atom. The first-order chi connectivity index (χ1) is 11.7. The van der Waals surface area contributed by atoms with Gasteiger partial charge in [0, 0.05) is 17.9 Å². The molecule has 8 heteroatoms. The summed E-state index contributed by atoms with van der Waals surface area (Å²) in [5.74, 6) is -1.31. The van der Waals surface area contributed by atoms with Crippen LogP contribution in [0.25, 0.3) is 0 Å². The number of carbonyl (C=O) groups is 2. The number of rotatable bonds is 5. The summed E-state index contributed by atoms with van der Waals surface area (Å²) in [4.78, 5) is 23.0. The van der Waals surface area contributed by atoms with Crippen LogP contribution in [0, 0.1) is 17.2 Å². The number of carbonyl (C=O) groups excluding carboxylic acids is 2. The third-order valence-corrected chi connectivity index (χ3v) is 4.46. The normalized spacial score (nSPS) is 17.6. The van der Waals surface area contributed by atoms with Crippen molar-refractivity contribution in [1.82, 2.24) is 5.43 Å². The quantitative estimate of drug-likeness (QED) is 0.751. The smallest absolute Gasteiger partial charge is 0.314 e. The van der Waals surface area contributed by atoms with Crippen molar-refractivity contribution < 1.29 is 23.5 Å². The highest BCUT2D eigenvalue weighted by Gasteiger charge is 2.31. The largest absolute Gasteiger partial charge is 0.488 e. The monoisotopic (exact) mass is 414 g/mol. The maximum atomic E-state index is 14.5. The van der Waals surface area contributed by atoms with Gasteiger partial charge in [-0.2, -0.15) is 5.10 Å². The molecule has 0 bridgehead atoms. The minimum atomic E-state index is -0.911. The van der Waals surface area contributed by atoms with Crippen molar-refractivity contribution in [1.29, 1.82) is 0 Å². The number of nitrogens with zero attached hydrogens (tertiary/aromatic N) is 1. The van der Waals surface area contributed by atoms with Crippen molar-refractivity contribution in [3.63, 3.8) is 0 Å². The van der Waals surface area contributed by atoms with E-state index in [0.717, 1.165) is 0 Å². The number of halogens is 2. The number of hydrazone groups is 1. The summed E-state index contributed by atoms with van der Waals surface area (Å²) in [7, 11) is 1.29. The Morgan fingerprint density at radius 3 is 2.72 bits per heavy atom. The molecule has 25 heavy (non-hydrogen) atoms. The predicted octanol–water partition coefficient (Wildman–Crippen LogP) is 3.03. The zero-order valence-corrected chi connectivity index (χ0v) is 16.1. The SMILES string of the molecule is COC(=O)C(C)(C)COc1c(F)cc(C2=NNC(=O)CC2C)cc1Br. The Labute approximate surface area is 153 Å². The van der Waals surface area contributed by atoms with E-state index in [1.165, 1.54) is 13.2 Å². The fourth-order valence-corrected chi connectivity index (χ4v) is 2.99. The van der Waals surface area contributed by atoms with Gasteiger partial charge in [-0.3, -0.25) is 9.59 Å². The minimum absolute atomic E-state index is 0.00817. The van der Waals surface area contributed by atoms with Crippen molar-refractivity contribution in [2.24, 2.45) is 16.4 Å². The van der Waals surface area contributed by atoms with Gasteiger partial charge in [0.05, 0.1) is 22.7 Å². The molecule has 1 aliphatic heterocycles. The molecular formula is C17H20BrFN2O4. The van der Waals surface area contributed by atoms with Crippen LogP contribution in [0.4, 0.5) is 4.39 Å². The summed E-state index contributed by atoms with van der Waals surface area (Å²) in [6.07, 6.45) is 0.295. The van der Waals surface area contributed by atoms with Crippen LogP contribution in [-0.4, -0.2) is 31.3 Å². The molecule has 0 saturated heterocycles. The number of hydrogen-bond donors (Lipinski definition) is 1.